The van der Waals surface area contributed by atoms with Crippen LogP contribution in [0.15, 0.2) is 22.9 Å². The largest absolute Gasteiger partial charge is 0.465 e. The number of hydrogen-bond acceptors (Lipinski definition) is 5. The molecule has 0 radical (unpaired) electrons. The van der Waals surface area contributed by atoms with E-state index in [1.54, 1.807) is 0 Å². The second-order valence-electron chi connectivity index (χ2n) is 5.36. The Labute approximate surface area is 125 Å². The number of methoxy groups -OCH3 is 2. The SMILES string of the molecule is COC(=O)C1=C(\N2CCCC2)CCCC/C=C\1C(=O)OC. The maximum absolute atomic E-state index is 12.3. The Morgan fingerprint density at radius 3 is 2.29 bits per heavy atom. The van der Waals surface area contributed by atoms with Crippen LogP contribution in [0.25, 0.3) is 0 Å². The number of rotatable bonds is 3. The molecule has 0 saturated carbocycles. The van der Waals surface area contributed by atoms with E-state index in [2.05, 4.69) is 4.90 Å². The number of ether oxygens (including phenoxy) is 2. The zero-order chi connectivity index (χ0) is 15.2. The van der Waals surface area contributed by atoms with Gasteiger partial charge in [0.2, 0.25) is 0 Å². The number of carbonyl (C=O) groups is 2. The third kappa shape index (κ3) is 3.46. The zero-order valence-electron chi connectivity index (χ0n) is 12.8. The van der Waals surface area contributed by atoms with Gasteiger partial charge in [-0.05, 0) is 38.5 Å². The lowest BCUT2D eigenvalue weighted by Crippen LogP contribution is -2.26. The molecule has 1 saturated heterocycles. The van der Waals surface area contributed by atoms with Crippen LogP contribution >= 0.6 is 0 Å². The minimum Gasteiger partial charge on any atom is -0.465 e. The second kappa shape index (κ2) is 7.29. The van der Waals surface area contributed by atoms with Crippen molar-refractivity contribution in [2.45, 2.75) is 38.5 Å². The van der Waals surface area contributed by atoms with Gasteiger partial charge in [0, 0.05) is 18.8 Å². The highest BCUT2D eigenvalue weighted by Crippen LogP contribution is 2.30. The summed E-state index contributed by atoms with van der Waals surface area (Å²) in [5, 5.41) is 0. The van der Waals surface area contributed by atoms with Gasteiger partial charge in [-0.3, -0.25) is 0 Å². The average Bonchev–Trinajstić information content (AvgIpc) is 3.00. The lowest BCUT2D eigenvalue weighted by Gasteiger charge is -2.26. The monoisotopic (exact) mass is 293 g/mol. The van der Waals surface area contributed by atoms with Crippen LogP contribution in [0.1, 0.15) is 38.5 Å². The number of likely N-dealkylation sites (tertiary alicyclic amines) is 1. The minimum atomic E-state index is -0.464. The van der Waals surface area contributed by atoms with Gasteiger partial charge in [-0.1, -0.05) is 6.08 Å². The van der Waals surface area contributed by atoms with Crippen molar-refractivity contribution in [3.63, 3.8) is 0 Å². The Kier molecular flexibility index (Phi) is 5.42. The summed E-state index contributed by atoms with van der Waals surface area (Å²) in [5.74, 6) is -0.913. The summed E-state index contributed by atoms with van der Waals surface area (Å²) in [5.41, 5.74) is 1.69. The predicted octanol–water partition coefficient (Wildman–Crippen LogP) is 2.18. The Morgan fingerprint density at radius 1 is 1.00 bits per heavy atom. The molecule has 0 aromatic heterocycles. The van der Waals surface area contributed by atoms with Crippen molar-refractivity contribution in [3.8, 4) is 0 Å². The number of hydrogen-bond donors (Lipinski definition) is 0. The molecule has 1 aliphatic heterocycles. The van der Waals surface area contributed by atoms with Crippen molar-refractivity contribution >= 4 is 11.9 Å². The first-order valence-electron chi connectivity index (χ1n) is 7.54. The standard InChI is InChI=1S/C16H23NO4/c1-20-15(18)12-8-4-3-5-9-13(14(12)16(19)21-2)17-10-6-7-11-17/h8H,3-7,9-11H2,1-2H3/b12-8+,14-13-. The average molecular weight is 293 g/mol. The molecule has 0 spiro atoms. The summed E-state index contributed by atoms with van der Waals surface area (Å²) >= 11 is 0. The van der Waals surface area contributed by atoms with E-state index in [9.17, 15) is 9.59 Å². The molecule has 2 aliphatic rings. The van der Waals surface area contributed by atoms with Crippen molar-refractivity contribution in [1.82, 2.24) is 4.90 Å². The van der Waals surface area contributed by atoms with Crippen LogP contribution in [0.4, 0.5) is 0 Å². The number of carbonyl (C=O) groups excluding carboxylic acids is 2. The molecule has 21 heavy (non-hydrogen) atoms. The predicted molar refractivity (Wildman–Crippen MR) is 78.4 cm³/mol. The Balaban J connectivity index is 2.50. The molecule has 0 unspecified atom stereocenters. The molecule has 0 atom stereocenters. The normalized spacial score (nSPS) is 25.6. The molecular formula is C16H23NO4. The summed E-state index contributed by atoms with van der Waals surface area (Å²) in [6.07, 6.45) is 7.65. The van der Waals surface area contributed by atoms with E-state index < -0.39 is 11.9 Å². The van der Waals surface area contributed by atoms with Gasteiger partial charge >= 0.3 is 11.9 Å². The maximum atomic E-state index is 12.3. The van der Waals surface area contributed by atoms with E-state index in [1.807, 2.05) is 6.08 Å². The highest BCUT2D eigenvalue weighted by molar-refractivity contribution is 6.07. The highest BCUT2D eigenvalue weighted by Gasteiger charge is 2.30. The molecule has 0 bridgehead atoms. The Bertz CT molecular complexity index is 473. The van der Waals surface area contributed by atoms with Crippen LogP contribution in [0, 0.1) is 0 Å². The quantitative estimate of drug-likeness (QED) is 0.747. The van der Waals surface area contributed by atoms with Crippen molar-refractivity contribution < 1.29 is 19.1 Å². The molecular weight excluding hydrogens is 270 g/mol. The first-order chi connectivity index (χ1) is 10.2. The molecule has 2 rings (SSSR count). The molecule has 5 heteroatoms. The summed E-state index contributed by atoms with van der Waals surface area (Å²) in [6.45, 7) is 1.87. The maximum Gasteiger partial charge on any atom is 0.340 e. The smallest absolute Gasteiger partial charge is 0.340 e. The Morgan fingerprint density at radius 2 is 1.67 bits per heavy atom. The van der Waals surface area contributed by atoms with Gasteiger partial charge in [-0.15, -0.1) is 0 Å². The summed E-state index contributed by atoms with van der Waals surface area (Å²) in [6, 6.07) is 0. The van der Waals surface area contributed by atoms with E-state index in [-0.39, 0.29) is 0 Å². The molecule has 0 aromatic carbocycles. The van der Waals surface area contributed by atoms with Crippen LogP contribution < -0.4 is 0 Å². The van der Waals surface area contributed by atoms with E-state index in [1.165, 1.54) is 14.2 Å². The topological polar surface area (TPSA) is 55.8 Å². The fourth-order valence-electron chi connectivity index (χ4n) is 2.99. The first-order valence-corrected chi connectivity index (χ1v) is 7.54. The summed E-state index contributed by atoms with van der Waals surface area (Å²) < 4.78 is 9.78. The third-order valence-corrected chi connectivity index (χ3v) is 4.06. The van der Waals surface area contributed by atoms with E-state index in [4.69, 9.17) is 9.47 Å². The minimum absolute atomic E-state index is 0.353. The summed E-state index contributed by atoms with van der Waals surface area (Å²) in [4.78, 5) is 26.6. The Hall–Kier alpha value is -1.78. The number of esters is 2. The van der Waals surface area contributed by atoms with Crippen molar-refractivity contribution in [2.75, 3.05) is 27.3 Å². The summed E-state index contributed by atoms with van der Waals surface area (Å²) in [7, 11) is 2.69. The zero-order valence-corrected chi connectivity index (χ0v) is 12.8. The van der Waals surface area contributed by atoms with Crippen molar-refractivity contribution in [2.24, 2.45) is 0 Å². The van der Waals surface area contributed by atoms with Crippen LogP contribution in [0.2, 0.25) is 0 Å². The van der Waals surface area contributed by atoms with Crippen molar-refractivity contribution in [3.05, 3.63) is 22.9 Å². The lowest BCUT2D eigenvalue weighted by atomic mass is 9.95. The van der Waals surface area contributed by atoms with Crippen LogP contribution in [0.3, 0.4) is 0 Å². The number of nitrogens with zero attached hydrogens (tertiary/aromatic N) is 1. The third-order valence-electron chi connectivity index (χ3n) is 4.06. The molecule has 0 N–H and O–H groups in total. The molecule has 116 valence electrons. The first kappa shape index (κ1) is 15.6. The lowest BCUT2D eigenvalue weighted by molar-refractivity contribution is -0.139. The highest BCUT2D eigenvalue weighted by atomic mass is 16.5. The molecule has 5 nitrogen and oxygen atoms in total. The van der Waals surface area contributed by atoms with E-state index in [0.29, 0.717) is 11.1 Å². The van der Waals surface area contributed by atoms with E-state index in [0.717, 1.165) is 57.3 Å². The van der Waals surface area contributed by atoms with Crippen molar-refractivity contribution in [1.29, 1.82) is 0 Å². The second-order valence-corrected chi connectivity index (χ2v) is 5.36. The fourth-order valence-corrected chi connectivity index (χ4v) is 2.99. The van der Waals surface area contributed by atoms with Gasteiger partial charge in [0.05, 0.1) is 25.4 Å². The molecule has 0 amide bonds. The molecule has 1 heterocycles. The molecule has 1 fully saturated rings. The van der Waals surface area contributed by atoms with Gasteiger partial charge in [-0.25, -0.2) is 9.59 Å². The van der Waals surface area contributed by atoms with Crippen LogP contribution in [-0.2, 0) is 19.1 Å². The number of allylic oxidation sites excluding steroid dienone is 2. The van der Waals surface area contributed by atoms with Crippen LogP contribution in [-0.4, -0.2) is 44.1 Å². The van der Waals surface area contributed by atoms with Crippen LogP contribution in [0.5, 0.6) is 0 Å². The van der Waals surface area contributed by atoms with E-state index >= 15 is 0 Å². The molecule has 1 aliphatic carbocycles. The van der Waals surface area contributed by atoms with Gasteiger partial charge in [0.25, 0.3) is 0 Å². The van der Waals surface area contributed by atoms with Gasteiger partial charge < -0.3 is 14.4 Å². The molecule has 0 aromatic rings. The van der Waals surface area contributed by atoms with Gasteiger partial charge in [-0.2, -0.15) is 0 Å². The van der Waals surface area contributed by atoms with Gasteiger partial charge in [0.1, 0.15) is 0 Å². The van der Waals surface area contributed by atoms with Gasteiger partial charge in [0.15, 0.2) is 0 Å². The fraction of sp³-hybridized carbons (Fsp3) is 0.625.